The van der Waals surface area contributed by atoms with E-state index >= 15 is 0 Å². The highest BCUT2D eigenvalue weighted by molar-refractivity contribution is 6.08. The molecular weight excluding hydrogens is 220 g/mol. The van der Waals surface area contributed by atoms with E-state index in [0.717, 1.165) is 13.0 Å². The molecule has 2 nitrogen and oxygen atoms in total. The Hall–Kier alpha value is -1.96. The van der Waals surface area contributed by atoms with E-state index in [1.165, 1.54) is 27.5 Å². The number of anilines is 1. The number of hydrogen-bond acceptors (Lipinski definition) is 1. The van der Waals surface area contributed by atoms with Crippen molar-refractivity contribution in [3.63, 3.8) is 0 Å². The average molecular weight is 238 g/mol. The van der Waals surface area contributed by atoms with Gasteiger partial charge in [0.2, 0.25) is 0 Å². The SMILES string of the molecule is CCCNc1ccc2c(c1)c1ccccc1n2C. The van der Waals surface area contributed by atoms with Crippen molar-refractivity contribution in [3.05, 3.63) is 42.5 Å². The van der Waals surface area contributed by atoms with Gasteiger partial charge in [0.05, 0.1) is 0 Å². The van der Waals surface area contributed by atoms with Gasteiger partial charge in [-0.15, -0.1) is 0 Å². The zero-order chi connectivity index (χ0) is 12.5. The fourth-order valence-corrected chi connectivity index (χ4v) is 2.55. The first-order chi connectivity index (χ1) is 8.81. The summed E-state index contributed by atoms with van der Waals surface area (Å²) in [5, 5.41) is 6.11. The Kier molecular flexibility index (Phi) is 2.71. The van der Waals surface area contributed by atoms with Crippen molar-refractivity contribution in [1.82, 2.24) is 4.57 Å². The maximum Gasteiger partial charge on any atom is 0.0490 e. The molecule has 0 amide bonds. The predicted molar refractivity (Wildman–Crippen MR) is 79.2 cm³/mol. The first-order valence-electron chi connectivity index (χ1n) is 6.52. The first-order valence-corrected chi connectivity index (χ1v) is 6.52. The van der Waals surface area contributed by atoms with E-state index in [1.54, 1.807) is 0 Å². The van der Waals surface area contributed by atoms with Gasteiger partial charge >= 0.3 is 0 Å². The number of nitrogens with zero attached hydrogens (tertiary/aromatic N) is 1. The molecule has 3 aromatic rings. The minimum absolute atomic E-state index is 1.02. The molecule has 0 radical (unpaired) electrons. The van der Waals surface area contributed by atoms with Crippen LogP contribution in [-0.2, 0) is 7.05 Å². The molecule has 1 N–H and O–H groups in total. The van der Waals surface area contributed by atoms with Gasteiger partial charge in [0, 0.05) is 41.1 Å². The minimum atomic E-state index is 1.02. The lowest BCUT2D eigenvalue weighted by molar-refractivity contribution is 0.979. The van der Waals surface area contributed by atoms with Gasteiger partial charge in [-0.05, 0) is 30.7 Å². The third-order valence-corrected chi connectivity index (χ3v) is 3.49. The molecule has 1 heterocycles. The summed E-state index contributed by atoms with van der Waals surface area (Å²) in [4.78, 5) is 0. The maximum atomic E-state index is 3.45. The zero-order valence-electron chi connectivity index (χ0n) is 10.9. The van der Waals surface area contributed by atoms with E-state index in [-0.39, 0.29) is 0 Å². The molecule has 1 aromatic heterocycles. The van der Waals surface area contributed by atoms with Gasteiger partial charge in [-0.2, -0.15) is 0 Å². The highest BCUT2D eigenvalue weighted by Crippen LogP contribution is 2.29. The van der Waals surface area contributed by atoms with Crippen molar-refractivity contribution in [2.75, 3.05) is 11.9 Å². The van der Waals surface area contributed by atoms with Crippen molar-refractivity contribution in [3.8, 4) is 0 Å². The highest BCUT2D eigenvalue weighted by atomic mass is 14.9. The van der Waals surface area contributed by atoms with Crippen molar-refractivity contribution in [2.45, 2.75) is 13.3 Å². The molecule has 2 aromatic carbocycles. The lowest BCUT2D eigenvalue weighted by atomic mass is 10.1. The van der Waals surface area contributed by atoms with E-state index in [0.29, 0.717) is 0 Å². The van der Waals surface area contributed by atoms with Gasteiger partial charge in [-0.25, -0.2) is 0 Å². The normalized spacial score (nSPS) is 11.2. The Morgan fingerprint density at radius 3 is 2.61 bits per heavy atom. The lowest BCUT2D eigenvalue weighted by Crippen LogP contribution is -1.99. The molecule has 2 heteroatoms. The van der Waals surface area contributed by atoms with Crippen molar-refractivity contribution >= 4 is 27.5 Å². The molecule has 0 aliphatic rings. The number of fused-ring (bicyclic) bond motifs is 3. The largest absolute Gasteiger partial charge is 0.385 e. The van der Waals surface area contributed by atoms with E-state index in [9.17, 15) is 0 Å². The topological polar surface area (TPSA) is 17.0 Å². The lowest BCUT2D eigenvalue weighted by Gasteiger charge is -2.05. The number of benzene rings is 2. The van der Waals surface area contributed by atoms with Gasteiger partial charge in [0.25, 0.3) is 0 Å². The summed E-state index contributed by atoms with van der Waals surface area (Å²) in [5.74, 6) is 0. The highest BCUT2D eigenvalue weighted by Gasteiger charge is 2.07. The number of hydrogen-bond donors (Lipinski definition) is 1. The van der Waals surface area contributed by atoms with Crippen LogP contribution in [0.2, 0.25) is 0 Å². The van der Waals surface area contributed by atoms with Crippen LogP contribution in [0, 0.1) is 0 Å². The van der Waals surface area contributed by atoms with Crippen LogP contribution in [0.4, 0.5) is 5.69 Å². The molecule has 92 valence electrons. The van der Waals surface area contributed by atoms with Crippen molar-refractivity contribution < 1.29 is 0 Å². The second kappa shape index (κ2) is 4.37. The van der Waals surface area contributed by atoms with Crippen LogP contribution in [0.25, 0.3) is 21.8 Å². The van der Waals surface area contributed by atoms with Gasteiger partial charge in [-0.1, -0.05) is 25.1 Å². The smallest absolute Gasteiger partial charge is 0.0490 e. The van der Waals surface area contributed by atoms with Crippen LogP contribution >= 0.6 is 0 Å². The minimum Gasteiger partial charge on any atom is -0.385 e. The molecule has 3 rings (SSSR count). The second-order valence-electron chi connectivity index (χ2n) is 4.73. The molecule has 0 unspecified atom stereocenters. The van der Waals surface area contributed by atoms with Crippen LogP contribution in [0.1, 0.15) is 13.3 Å². The third kappa shape index (κ3) is 1.65. The summed E-state index contributed by atoms with van der Waals surface area (Å²) in [5.41, 5.74) is 3.79. The third-order valence-electron chi connectivity index (χ3n) is 3.49. The fourth-order valence-electron chi connectivity index (χ4n) is 2.55. The summed E-state index contributed by atoms with van der Waals surface area (Å²) in [6, 6.07) is 15.2. The molecule has 0 saturated carbocycles. The van der Waals surface area contributed by atoms with Gasteiger partial charge in [-0.3, -0.25) is 0 Å². The number of aryl methyl sites for hydroxylation is 1. The fraction of sp³-hybridized carbons (Fsp3) is 0.250. The van der Waals surface area contributed by atoms with Crippen molar-refractivity contribution in [1.29, 1.82) is 0 Å². The Morgan fingerprint density at radius 2 is 1.78 bits per heavy atom. The monoisotopic (exact) mass is 238 g/mol. The summed E-state index contributed by atoms with van der Waals surface area (Å²) in [6.07, 6.45) is 1.15. The van der Waals surface area contributed by atoms with Crippen LogP contribution in [-0.4, -0.2) is 11.1 Å². The number of para-hydroxylation sites is 1. The van der Waals surface area contributed by atoms with Gasteiger partial charge < -0.3 is 9.88 Å². The Morgan fingerprint density at radius 1 is 1.00 bits per heavy atom. The molecule has 0 bridgehead atoms. The van der Waals surface area contributed by atoms with E-state index < -0.39 is 0 Å². The Balaban J connectivity index is 2.23. The van der Waals surface area contributed by atoms with Crippen LogP contribution in [0.3, 0.4) is 0 Å². The number of nitrogens with one attached hydrogen (secondary N) is 1. The molecule has 0 atom stereocenters. The quantitative estimate of drug-likeness (QED) is 0.725. The summed E-state index contributed by atoms with van der Waals surface area (Å²) < 4.78 is 2.26. The Labute approximate surface area is 107 Å². The molecule has 0 saturated heterocycles. The Bertz CT molecular complexity index is 695. The summed E-state index contributed by atoms with van der Waals surface area (Å²) in [6.45, 7) is 3.21. The van der Waals surface area contributed by atoms with Crippen LogP contribution in [0.15, 0.2) is 42.5 Å². The molecule has 0 spiro atoms. The molecule has 0 aliphatic carbocycles. The molecule has 0 aliphatic heterocycles. The molecule has 18 heavy (non-hydrogen) atoms. The number of rotatable bonds is 3. The van der Waals surface area contributed by atoms with Gasteiger partial charge in [0.15, 0.2) is 0 Å². The summed E-state index contributed by atoms with van der Waals surface area (Å²) >= 11 is 0. The van der Waals surface area contributed by atoms with Crippen LogP contribution < -0.4 is 5.32 Å². The van der Waals surface area contributed by atoms with E-state index in [2.05, 4.69) is 66.3 Å². The standard InChI is InChI=1S/C16H18N2/c1-3-10-17-12-8-9-16-14(11-12)13-6-4-5-7-15(13)18(16)2/h4-9,11,17H,3,10H2,1-2H3. The zero-order valence-corrected chi connectivity index (χ0v) is 10.9. The first kappa shape index (κ1) is 11.1. The number of aromatic nitrogens is 1. The maximum absolute atomic E-state index is 3.45. The van der Waals surface area contributed by atoms with Crippen molar-refractivity contribution in [2.24, 2.45) is 7.05 Å². The van der Waals surface area contributed by atoms with E-state index in [4.69, 9.17) is 0 Å². The van der Waals surface area contributed by atoms with E-state index in [1.807, 2.05) is 0 Å². The molecule has 0 fully saturated rings. The van der Waals surface area contributed by atoms with Gasteiger partial charge in [0.1, 0.15) is 0 Å². The second-order valence-corrected chi connectivity index (χ2v) is 4.73. The molecular formula is C16H18N2. The van der Waals surface area contributed by atoms with Crippen LogP contribution in [0.5, 0.6) is 0 Å². The summed E-state index contributed by atoms with van der Waals surface area (Å²) in [7, 11) is 2.13. The average Bonchev–Trinajstić information content (AvgIpc) is 2.71. The predicted octanol–water partition coefficient (Wildman–Crippen LogP) is 4.15.